The van der Waals surface area contributed by atoms with Gasteiger partial charge >= 0.3 is 5.97 Å². The van der Waals surface area contributed by atoms with Crippen LogP contribution < -0.4 is 11.1 Å². The Kier molecular flexibility index (Phi) is 9.75. The molecule has 9 heteroatoms. The van der Waals surface area contributed by atoms with E-state index in [0.29, 0.717) is 18.4 Å². The minimum Gasteiger partial charge on any atom is -0.480 e. The Morgan fingerprint density at radius 2 is 1.69 bits per heavy atom. The number of aliphatic carboxylic acids is 1. The van der Waals surface area contributed by atoms with Crippen LogP contribution in [0.5, 0.6) is 0 Å². The lowest BCUT2D eigenvalue weighted by molar-refractivity contribution is -0.150. The molecule has 9 nitrogen and oxygen atoms in total. The van der Waals surface area contributed by atoms with E-state index in [-0.39, 0.29) is 12.8 Å². The molecule has 0 bridgehead atoms. The molecule has 0 saturated heterocycles. The van der Waals surface area contributed by atoms with Gasteiger partial charge in [0.2, 0.25) is 11.8 Å². The third-order valence-corrected chi connectivity index (χ3v) is 5.23. The van der Waals surface area contributed by atoms with E-state index in [1.807, 2.05) is 13.0 Å². The van der Waals surface area contributed by atoms with Gasteiger partial charge in [-0.25, -0.2) is 4.79 Å². The summed E-state index contributed by atoms with van der Waals surface area (Å²) in [5.74, 6) is -2.05. The van der Waals surface area contributed by atoms with Crippen LogP contribution in [-0.4, -0.2) is 62.9 Å². The normalized spacial score (nSPS) is 13.6. The van der Waals surface area contributed by atoms with Crippen LogP contribution in [0, 0.1) is 0 Å². The minimum absolute atomic E-state index is 0.111. The standard InChI is InChI=1S/C23H31N5O4/c1-3-4-9-19(27-21(29)18(24)12-16-7-5-10-25-14-16)22(30)28(2)20(23(31)32)13-17-8-6-11-26-15-17/h5-8,10-11,14-15,18-20H,3-4,9,12-13,24H2,1-2H3,(H,27,29)(H,31,32)/t18-,19-,20-/m0/s1. The number of carboxylic acid groups (broad SMARTS) is 1. The molecule has 0 saturated carbocycles. The van der Waals surface area contributed by atoms with Gasteiger partial charge in [0.15, 0.2) is 0 Å². The van der Waals surface area contributed by atoms with Gasteiger partial charge in [-0.2, -0.15) is 0 Å². The lowest BCUT2D eigenvalue weighted by Crippen LogP contribution is -2.55. The second kappa shape index (κ2) is 12.5. The molecule has 0 spiro atoms. The molecule has 0 aliphatic rings. The first-order valence-corrected chi connectivity index (χ1v) is 10.7. The fraction of sp³-hybridized carbons (Fsp3) is 0.435. The average Bonchev–Trinajstić information content (AvgIpc) is 2.80. The SMILES string of the molecule is CCCC[C@H](NC(=O)[C@@H](N)Cc1cccnc1)C(=O)N(C)[C@@H](Cc1cccnc1)C(=O)O. The zero-order valence-corrected chi connectivity index (χ0v) is 18.5. The van der Waals surface area contributed by atoms with Crippen LogP contribution >= 0.6 is 0 Å². The maximum atomic E-state index is 13.2. The number of nitrogens with zero attached hydrogens (tertiary/aromatic N) is 3. The number of carbonyl (C=O) groups excluding carboxylic acids is 2. The van der Waals surface area contributed by atoms with Crippen molar-refractivity contribution in [2.75, 3.05) is 7.05 Å². The number of hydrogen-bond donors (Lipinski definition) is 3. The number of rotatable bonds is 12. The van der Waals surface area contributed by atoms with E-state index < -0.39 is 35.9 Å². The molecule has 3 atom stereocenters. The lowest BCUT2D eigenvalue weighted by atomic mass is 10.0. The van der Waals surface area contributed by atoms with E-state index in [9.17, 15) is 19.5 Å². The van der Waals surface area contributed by atoms with E-state index in [1.54, 1.807) is 43.0 Å². The summed E-state index contributed by atoms with van der Waals surface area (Å²) < 4.78 is 0. The Balaban J connectivity index is 2.10. The maximum Gasteiger partial charge on any atom is 0.326 e. The molecule has 0 aromatic carbocycles. The summed E-state index contributed by atoms with van der Waals surface area (Å²) in [6, 6.07) is 4.26. The molecule has 0 fully saturated rings. The van der Waals surface area contributed by atoms with Crippen molar-refractivity contribution >= 4 is 17.8 Å². The van der Waals surface area contributed by atoms with Crippen LogP contribution in [0.2, 0.25) is 0 Å². The predicted octanol–water partition coefficient (Wildman–Crippen LogP) is 1.18. The number of nitrogens with one attached hydrogen (secondary N) is 1. The number of carbonyl (C=O) groups is 3. The van der Waals surface area contributed by atoms with Crippen molar-refractivity contribution in [2.24, 2.45) is 5.73 Å². The van der Waals surface area contributed by atoms with E-state index in [2.05, 4.69) is 15.3 Å². The Labute approximate surface area is 188 Å². The van der Waals surface area contributed by atoms with Crippen molar-refractivity contribution < 1.29 is 19.5 Å². The van der Waals surface area contributed by atoms with Gasteiger partial charge in [-0.1, -0.05) is 31.9 Å². The molecular formula is C23H31N5O4. The smallest absolute Gasteiger partial charge is 0.326 e. The van der Waals surface area contributed by atoms with Crippen LogP contribution in [0.25, 0.3) is 0 Å². The number of likely N-dealkylation sites (N-methyl/N-ethyl adjacent to an activating group) is 1. The summed E-state index contributed by atoms with van der Waals surface area (Å²) in [5, 5.41) is 12.4. The second-order valence-corrected chi connectivity index (χ2v) is 7.74. The summed E-state index contributed by atoms with van der Waals surface area (Å²) in [7, 11) is 1.44. The molecule has 0 unspecified atom stereocenters. The van der Waals surface area contributed by atoms with Gasteiger partial charge in [-0.05, 0) is 36.1 Å². The Bertz CT molecular complexity index is 878. The van der Waals surface area contributed by atoms with Gasteiger partial charge in [0.05, 0.1) is 6.04 Å². The zero-order valence-electron chi connectivity index (χ0n) is 18.5. The number of hydrogen-bond acceptors (Lipinski definition) is 6. The molecule has 0 radical (unpaired) electrons. The molecule has 2 aromatic rings. The lowest BCUT2D eigenvalue weighted by Gasteiger charge is -2.30. The second-order valence-electron chi connectivity index (χ2n) is 7.74. The number of unbranched alkanes of at least 4 members (excludes halogenated alkanes) is 1. The fourth-order valence-electron chi connectivity index (χ4n) is 3.34. The Morgan fingerprint density at radius 3 is 2.19 bits per heavy atom. The maximum absolute atomic E-state index is 13.2. The van der Waals surface area contributed by atoms with Crippen LogP contribution in [0.15, 0.2) is 49.1 Å². The van der Waals surface area contributed by atoms with Crippen LogP contribution in [0.4, 0.5) is 0 Å². The zero-order chi connectivity index (χ0) is 23.5. The van der Waals surface area contributed by atoms with Crippen LogP contribution in [-0.2, 0) is 27.2 Å². The average molecular weight is 442 g/mol. The number of amides is 2. The van der Waals surface area contributed by atoms with Crippen molar-refractivity contribution in [1.29, 1.82) is 0 Å². The van der Waals surface area contributed by atoms with Gasteiger partial charge in [-0.3, -0.25) is 19.6 Å². The van der Waals surface area contributed by atoms with Gasteiger partial charge < -0.3 is 21.1 Å². The highest BCUT2D eigenvalue weighted by Gasteiger charge is 2.32. The van der Waals surface area contributed by atoms with Crippen LogP contribution in [0.3, 0.4) is 0 Å². The van der Waals surface area contributed by atoms with Crippen LogP contribution in [0.1, 0.15) is 37.3 Å². The van der Waals surface area contributed by atoms with Gasteiger partial charge in [0.1, 0.15) is 12.1 Å². The van der Waals surface area contributed by atoms with Gasteiger partial charge in [0.25, 0.3) is 0 Å². The molecule has 0 aliphatic heterocycles. The van der Waals surface area contributed by atoms with E-state index >= 15 is 0 Å². The number of carboxylic acids is 1. The number of nitrogens with two attached hydrogens (primary N) is 1. The van der Waals surface area contributed by atoms with E-state index in [1.165, 1.54) is 11.9 Å². The first-order valence-electron chi connectivity index (χ1n) is 10.7. The van der Waals surface area contributed by atoms with Crippen molar-refractivity contribution in [2.45, 2.75) is 57.2 Å². The highest BCUT2D eigenvalue weighted by molar-refractivity contribution is 5.91. The topological polar surface area (TPSA) is 139 Å². The summed E-state index contributed by atoms with van der Waals surface area (Å²) in [5.41, 5.74) is 7.56. The third kappa shape index (κ3) is 7.42. The molecule has 2 amide bonds. The van der Waals surface area contributed by atoms with E-state index in [0.717, 1.165) is 12.0 Å². The molecule has 4 N–H and O–H groups in total. The molecule has 2 rings (SSSR count). The first kappa shape index (κ1) is 24.9. The Morgan fingerprint density at radius 1 is 1.09 bits per heavy atom. The van der Waals surface area contributed by atoms with E-state index in [4.69, 9.17) is 5.73 Å². The molecule has 2 aromatic heterocycles. The predicted molar refractivity (Wildman–Crippen MR) is 120 cm³/mol. The van der Waals surface area contributed by atoms with Crippen molar-refractivity contribution in [1.82, 2.24) is 20.2 Å². The third-order valence-electron chi connectivity index (χ3n) is 5.23. The summed E-state index contributed by atoms with van der Waals surface area (Å²) >= 11 is 0. The minimum atomic E-state index is -1.13. The van der Waals surface area contributed by atoms with Crippen molar-refractivity contribution in [3.63, 3.8) is 0 Å². The summed E-state index contributed by atoms with van der Waals surface area (Å²) in [4.78, 5) is 47.0. The number of pyridine rings is 2. The highest BCUT2D eigenvalue weighted by Crippen LogP contribution is 2.12. The quantitative estimate of drug-likeness (QED) is 0.449. The summed E-state index contributed by atoms with van der Waals surface area (Å²) in [6.45, 7) is 1.98. The van der Waals surface area contributed by atoms with Crippen molar-refractivity contribution in [3.8, 4) is 0 Å². The molecule has 0 aliphatic carbocycles. The monoisotopic (exact) mass is 441 g/mol. The van der Waals surface area contributed by atoms with Crippen molar-refractivity contribution in [3.05, 3.63) is 60.2 Å². The fourth-order valence-corrected chi connectivity index (χ4v) is 3.34. The Hall–Kier alpha value is -3.33. The summed E-state index contributed by atoms with van der Waals surface area (Å²) in [6.07, 6.45) is 8.74. The highest BCUT2D eigenvalue weighted by atomic mass is 16.4. The van der Waals surface area contributed by atoms with Gasteiger partial charge in [0, 0.05) is 38.3 Å². The molecule has 32 heavy (non-hydrogen) atoms. The molecule has 2 heterocycles. The molecular weight excluding hydrogens is 410 g/mol. The largest absolute Gasteiger partial charge is 0.480 e. The van der Waals surface area contributed by atoms with Gasteiger partial charge in [-0.15, -0.1) is 0 Å². The molecule has 172 valence electrons. The first-order chi connectivity index (χ1) is 15.3. The number of aromatic nitrogens is 2.